The summed E-state index contributed by atoms with van der Waals surface area (Å²) in [4.78, 5) is 36.1. The van der Waals surface area contributed by atoms with Crippen LogP contribution in [0.3, 0.4) is 0 Å². The van der Waals surface area contributed by atoms with Gasteiger partial charge in [0.1, 0.15) is 11.2 Å². The van der Waals surface area contributed by atoms with E-state index in [0.717, 1.165) is 49.0 Å². The maximum absolute atomic E-state index is 13.2. The van der Waals surface area contributed by atoms with E-state index in [9.17, 15) is 9.59 Å². The van der Waals surface area contributed by atoms with Crippen LogP contribution in [0.5, 0.6) is 0 Å². The molecule has 2 aliphatic rings. The zero-order chi connectivity index (χ0) is 23.1. The minimum Gasteiger partial charge on any atom is -0.338 e. The highest BCUT2D eigenvalue weighted by Gasteiger charge is 2.29. The summed E-state index contributed by atoms with van der Waals surface area (Å²) in [5.41, 5.74) is 4.36. The summed E-state index contributed by atoms with van der Waals surface area (Å²) in [6.45, 7) is 7.28. The van der Waals surface area contributed by atoms with Crippen molar-refractivity contribution >= 4 is 16.9 Å². The minimum atomic E-state index is -0.118. The highest BCUT2D eigenvalue weighted by Crippen LogP contribution is 2.31. The van der Waals surface area contributed by atoms with E-state index < -0.39 is 0 Å². The van der Waals surface area contributed by atoms with Crippen LogP contribution in [0, 0.1) is 20.8 Å². The number of fused-ring (bicyclic) bond motifs is 1. The number of aromatic nitrogens is 4. The van der Waals surface area contributed by atoms with Crippen LogP contribution >= 0.6 is 0 Å². The van der Waals surface area contributed by atoms with Crippen molar-refractivity contribution in [3.63, 3.8) is 0 Å². The Hall–Kier alpha value is -2.96. The number of nitrogens with zero attached hydrogens (tertiary/aromatic N) is 4. The number of carbonyl (C=O) groups excluding carboxylic acids is 1. The fraction of sp³-hybridized carbons (Fsp3) is 0.538. The number of hydrogen-bond donors (Lipinski definition) is 1. The first-order valence-electron chi connectivity index (χ1n) is 12.3. The first kappa shape index (κ1) is 21.9. The number of likely N-dealkylation sites (tertiary alicyclic amines) is 1. The molecule has 0 bridgehead atoms. The van der Waals surface area contributed by atoms with E-state index in [1.807, 2.05) is 41.6 Å². The van der Waals surface area contributed by atoms with Crippen LogP contribution in [-0.2, 0) is 0 Å². The molecule has 7 nitrogen and oxygen atoms in total. The fourth-order valence-corrected chi connectivity index (χ4v) is 5.44. The second-order valence-electron chi connectivity index (χ2n) is 9.86. The Balaban J connectivity index is 1.45. The van der Waals surface area contributed by atoms with Gasteiger partial charge < -0.3 is 9.88 Å². The first-order chi connectivity index (χ1) is 15.9. The molecule has 7 heteroatoms. The minimum absolute atomic E-state index is 0.0151. The highest BCUT2D eigenvalue weighted by atomic mass is 16.2. The van der Waals surface area contributed by atoms with Crippen LogP contribution in [0.15, 0.2) is 23.0 Å². The molecule has 1 unspecified atom stereocenters. The summed E-state index contributed by atoms with van der Waals surface area (Å²) in [6.07, 6.45) is 7.62. The van der Waals surface area contributed by atoms with Crippen LogP contribution in [0.4, 0.5) is 0 Å². The van der Waals surface area contributed by atoms with Crippen LogP contribution in [-0.4, -0.2) is 43.6 Å². The third-order valence-corrected chi connectivity index (χ3v) is 7.52. The fourth-order valence-electron chi connectivity index (χ4n) is 5.44. The third kappa shape index (κ3) is 4.09. The number of amides is 1. The van der Waals surface area contributed by atoms with Crippen molar-refractivity contribution < 1.29 is 4.79 Å². The van der Waals surface area contributed by atoms with Crippen LogP contribution in [0.1, 0.15) is 89.9 Å². The van der Waals surface area contributed by atoms with Crippen LogP contribution in [0.2, 0.25) is 0 Å². The molecule has 0 spiro atoms. The van der Waals surface area contributed by atoms with Crippen molar-refractivity contribution in [2.75, 3.05) is 13.1 Å². The maximum atomic E-state index is 13.2. The Labute approximate surface area is 194 Å². The number of hydrogen-bond acceptors (Lipinski definition) is 4. The van der Waals surface area contributed by atoms with E-state index in [1.54, 1.807) is 0 Å². The van der Waals surface area contributed by atoms with Gasteiger partial charge >= 0.3 is 0 Å². The molecule has 1 N–H and O–H groups in total. The lowest BCUT2D eigenvalue weighted by Gasteiger charge is -2.32. The monoisotopic (exact) mass is 447 g/mol. The quantitative estimate of drug-likeness (QED) is 0.637. The zero-order valence-corrected chi connectivity index (χ0v) is 19.9. The lowest BCUT2D eigenvalue weighted by molar-refractivity contribution is 0.0704. The molecule has 1 aliphatic heterocycles. The molecule has 1 amide bonds. The van der Waals surface area contributed by atoms with Gasteiger partial charge in [0.25, 0.3) is 11.5 Å². The van der Waals surface area contributed by atoms with Gasteiger partial charge in [-0.05, 0) is 69.7 Å². The van der Waals surface area contributed by atoms with Gasteiger partial charge in [0.15, 0.2) is 5.65 Å². The molecule has 174 valence electrons. The van der Waals surface area contributed by atoms with Gasteiger partial charge in [0.05, 0.1) is 11.7 Å². The van der Waals surface area contributed by atoms with Crippen LogP contribution in [0.25, 0.3) is 11.0 Å². The predicted octanol–water partition coefficient (Wildman–Crippen LogP) is 4.57. The number of aromatic amines is 1. The summed E-state index contributed by atoms with van der Waals surface area (Å²) < 4.78 is 2.00. The second kappa shape index (κ2) is 8.76. The van der Waals surface area contributed by atoms with Gasteiger partial charge in [-0.1, -0.05) is 25.3 Å². The molecular weight excluding hydrogens is 414 g/mol. The topological polar surface area (TPSA) is 83.9 Å². The van der Waals surface area contributed by atoms with Crippen molar-refractivity contribution in [1.82, 2.24) is 24.6 Å². The molecule has 1 aliphatic carbocycles. The number of carbonyl (C=O) groups is 1. The van der Waals surface area contributed by atoms with Crippen molar-refractivity contribution in [2.24, 2.45) is 0 Å². The lowest BCUT2D eigenvalue weighted by Crippen LogP contribution is -2.40. The maximum Gasteiger partial charge on any atom is 0.262 e. The van der Waals surface area contributed by atoms with E-state index in [4.69, 9.17) is 10.1 Å². The molecule has 33 heavy (non-hydrogen) atoms. The number of piperidine rings is 1. The number of benzene rings is 1. The Morgan fingerprint density at radius 1 is 1.03 bits per heavy atom. The molecule has 2 aromatic heterocycles. The predicted molar refractivity (Wildman–Crippen MR) is 129 cm³/mol. The summed E-state index contributed by atoms with van der Waals surface area (Å²) in [6, 6.07) is 6.20. The van der Waals surface area contributed by atoms with Crippen molar-refractivity contribution in [1.29, 1.82) is 0 Å². The van der Waals surface area contributed by atoms with E-state index in [1.165, 1.54) is 24.8 Å². The Morgan fingerprint density at radius 2 is 1.82 bits per heavy atom. The molecule has 2 fully saturated rings. The Bertz CT molecular complexity index is 1250. The first-order valence-corrected chi connectivity index (χ1v) is 12.3. The van der Waals surface area contributed by atoms with Gasteiger partial charge in [-0.25, -0.2) is 9.67 Å². The second-order valence-corrected chi connectivity index (χ2v) is 9.86. The van der Waals surface area contributed by atoms with E-state index >= 15 is 0 Å². The molecule has 3 heterocycles. The standard InChI is InChI=1S/C26H33N5O2/c1-16-11-12-19(14-17(16)2)26(33)30-13-7-8-20(15-30)23-27-24-22(25(32)28-23)18(3)29-31(24)21-9-5-4-6-10-21/h11-12,14,20-21H,4-10,13,15H2,1-3H3,(H,27,28,32). The largest absolute Gasteiger partial charge is 0.338 e. The van der Waals surface area contributed by atoms with Gasteiger partial charge in [-0.2, -0.15) is 5.10 Å². The van der Waals surface area contributed by atoms with Crippen LogP contribution < -0.4 is 5.56 Å². The molecule has 1 saturated heterocycles. The van der Waals surface area contributed by atoms with Gasteiger partial charge in [0, 0.05) is 24.6 Å². The third-order valence-electron chi connectivity index (χ3n) is 7.52. The van der Waals surface area contributed by atoms with E-state index in [2.05, 4.69) is 11.9 Å². The normalized spacial score (nSPS) is 19.8. The molecular formula is C26H33N5O2. The Morgan fingerprint density at radius 3 is 2.58 bits per heavy atom. The van der Waals surface area contributed by atoms with E-state index in [-0.39, 0.29) is 17.4 Å². The van der Waals surface area contributed by atoms with E-state index in [0.29, 0.717) is 29.4 Å². The Kier molecular flexibility index (Phi) is 5.81. The number of aryl methyl sites for hydroxylation is 3. The summed E-state index contributed by atoms with van der Waals surface area (Å²) >= 11 is 0. The summed E-state index contributed by atoms with van der Waals surface area (Å²) in [7, 11) is 0. The average Bonchev–Trinajstić information content (AvgIpc) is 3.18. The van der Waals surface area contributed by atoms with Gasteiger partial charge in [-0.15, -0.1) is 0 Å². The van der Waals surface area contributed by atoms with Crippen molar-refractivity contribution in [3.8, 4) is 0 Å². The average molecular weight is 448 g/mol. The SMILES string of the molecule is Cc1ccc(C(=O)N2CCCC(c3nc4c(c(C)nn4C4CCCCC4)c(=O)[nH]3)C2)cc1C. The van der Waals surface area contributed by atoms with Gasteiger partial charge in [0.2, 0.25) is 0 Å². The smallest absolute Gasteiger partial charge is 0.262 e. The number of H-pyrrole nitrogens is 1. The molecule has 3 aromatic rings. The molecule has 1 aromatic carbocycles. The molecule has 5 rings (SSSR count). The van der Waals surface area contributed by atoms with Crippen molar-refractivity contribution in [3.05, 3.63) is 56.8 Å². The highest BCUT2D eigenvalue weighted by molar-refractivity contribution is 5.94. The molecule has 0 radical (unpaired) electrons. The molecule has 1 saturated carbocycles. The molecule has 1 atom stereocenters. The van der Waals surface area contributed by atoms with Crippen molar-refractivity contribution in [2.45, 2.75) is 77.7 Å². The summed E-state index contributed by atoms with van der Waals surface area (Å²) in [5, 5.41) is 5.33. The zero-order valence-electron chi connectivity index (χ0n) is 19.9. The summed E-state index contributed by atoms with van der Waals surface area (Å²) in [5.74, 6) is 0.748. The number of nitrogens with one attached hydrogen (secondary N) is 1. The number of rotatable bonds is 3. The lowest BCUT2D eigenvalue weighted by atomic mass is 9.95. The van der Waals surface area contributed by atoms with Gasteiger partial charge in [-0.3, -0.25) is 9.59 Å².